The minimum atomic E-state index is -0.388. The van der Waals surface area contributed by atoms with Gasteiger partial charge in [0.1, 0.15) is 0 Å². The smallest absolute Gasteiger partial charge is 0.278 e. The number of nitro benzene ring substituents is 1. The molecule has 0 saturated carbocycles. The van der Waals surface area contributed by atoms with E-state index in [1.807, 2.05) is 26.0 Å². The highest BCUT2D eigenvalue weighted by molar-refractivity contribution is 7.16. The second-order valence-corrected chi connectivity index (χ2v) is 7.09. The Balaban J connectivity index is 1.79. The number of nitrogens with zero attached hydrogens (tertiary/aromatic N) is 3. The van der Waals surface area contributed by atoms with Gasteiger partial charge in [0.05, 0.1) is 22.2 Å². The first-order chi connectivity index (χ1) is 12.5. The van der Waals surface area contributed by atoms with E-state index in [9.17, 15) is 14.9 Å². The molecule has 0 saturated heterocycles. The molecule has 0 spiro atoms. The number of hydrogen-bond donors (Lipinski definition) is 0. The Morgan fingerprint density at radius 2 is 2.04 bits per heavy atom. The highest BCUT2D eigenvalue weighted by Crippen LogP contribution is 2.35. The van der Waals surface area contributed by atoms with E-state index >= 15 is 0 Å². The molecule has 1 aromatic carbocycles. The Labute approximate surface area is 154 Å². The van der Waals surface area contributed by atoms with Gasteiger partial charge in [-0.3, -0.25) is 19.6 Å². The highest BCUT2D eigenvalue weighted by Gasteiger charge is 2.15. The molecular weight excluding hydrogens is 350 g/mol. The molecule has 0 aliphatic carbocycles. The zero-order chi connectivity index (χ0) is 18.7. The summed E-state index contributed by atoms with van der Waals surface area (Å²) in [6, 6.07) is 10.5. The van der Waals surface area contributed by atoms with Crippen LogP contribution < -0.4 is 0 Å². The molecule has 3 aromatic rings. The fourth-order valence-corrected chi connectivity index (χ4v) is 3.37. The largest absolute Gasteiger partial charge is 0.289 e. The predicted octanol–water partition coefficient (Wildman–Crippen LogP) is 5.00. The summed E-state index contributed by atoms with van der Waals surface area (Å²) in [5.74, 6) is -0.127. The first-order valence-electron chi connectivity index (χ1n) is 8.06. The summed E-state index contributed by atoms with van der Waals surface area (Å²) in [5, 5.41) is 15.3. The molecule has 0 atom stereocenters. The second kappa shape index (κ2) is 7.45. The SMILES string of the molecule is CC(C)n1cc(C(=O)C=Cc2ccc(-c3ccccc3[N+](=O)[O-])s2)cn1. The van der Waals surface area contributed by atoms with E-state index in [0.29, 0.717) is 11.1 Å². The van der Waals surface area contributed by atoms with Crippen LogP contribution in [0, 0.1) is 10.1 Å². The van der Waals surface area contributed by atoms with Crippen molar-refractivity contribution in [2.24, 2.45) is 0 Å². The van der Waals surface area contributed by atoms with Crippen LogP contribution in [-0.4, -0.2) is 20.5 Å². The van der Waals surface area contributed by atoms with E-state index in [-0.39, 0.29) is 22.4 Å². The molecule has 132 valence electrons. The molecule has 0 fully saturated rings. The molecule has 0 radical (unpaired) electrons. The lowest BCUT2D eigenvalue weighted by Crippen LogP contribution is -2.00. The van der Waals surface area contributed by atoms with Gasteiger partial charge in [0.15, 0.2) is 5.78 Å². The zero-order valence-electron chi connectivity index (χ0n) is 14.3. The molecular formula is C19H17N3O3S. The Morgan fingerprint density at radius 1 is 1.27 bits per heavy atom. The van der Waals surface area contributed by atoms with E-state index in [4.69, 9.17) is 0 Å². The van der Waals surface area contributed by atoms with Crippen molar-refractivity contribution in [3.8, 4) is 10.4 Å². The van der Waals surface area contributed by atoms with Gasteiger partial charge in [0.25, 0.3) is 5.69 Å². The molecule has 2 heterocycles. The van der Waals surface area contributed by atoms with Crippen molar-refractivity contribution < 1.29 is 9.72 Å². The van der Waals surface area contributed by atoms with Gasteiger partial charge >= 0.3 is 0 Å². The number of thiophene rings is 1. The average molecular weight is 367 g/mol. The topological polar surface area (TPSA) is 78.0 Å². The highest BCUT2D eigenvalue weighted by atomic mass is 32.1. The predicted molar refractivity (Wildman–Crippen MR) is 102 cm³/mol. The van der Waals surface area contributed by atoms with E-state index in [1.165, 1.54) is 23.5 Å². The first kappa shape index (κ1) is 17.8. The minimum Gasteiger partial charge on any atom is -0.289 e. The van der Waals surface area contributed by atoms with Crippen LogP contribution in [0.1, 0.15) is 35.1 Å². The number of aromatic nitrogens is 2. The molecule has 0 aliphatic heterocycles. The maximum Gasteiger partial charge on any atom is 0.278 e. The Kier molecular flexibility index (Phi) is 5.09. The summed E-state index contributed by atoms with van der Waals surface area (Å²) in [4.78, 5) is 24.7. The number of hydrogen-bond acceptors (Lipinski definition) is 5. The Morgan fingerprint density at radius 3 is 2.73 bits per heavy atom. The molecule has 0 N–H and O–H groups in total. The van der Waals surface area contributed by atoms with Crippen LogP contribution in [-0.2, 0) is 0 Å². The standard InChI is InChI=1S/C19H17N3O3S/c1-13(2)21-12-14(11-20-21)18(23)9-7-15-8-10-19(26-15)16-5-3-4-6-17(16)22(24)25/h3-13H,1-2H3. The van der Waals surface area contributed by atoms with Crippen molar-refractivity contribution >= 4 is 28.9 Å². The fraction of sp³-hybridized carbons (Fsp3) is 0.158. The van der Waals surface area contributed by atoms with E-state index in [1.54, 1.807) is 41.4 Å². The van der Waals surface area contributed by atoms with Crippen molar-refractivity contribution in [3.05, 3.63) is 75.4 Å². The molecule has 7 heteroatoms. The molecule has 6 nitrogen and oxygen atoms in total. The normalized spacial score (nSPS) is 11.3. The summed E-state index contributed by atoms with van der Waals surface area (Å²) in [6.45, 7) is 3.99. The molecule has 0 aliphatic rings. The van der Waals surface area contributed by atoms with Crippen molar-refractivity contribution in [2.45, 2.75) is 19.9 Å². The quantitative estimate of drug-likeness (QED) is 0.266. The van der Waals surface area contributed by atoms with Gasteiger partial charge in [0.2, 0.25) is 0 Å². The van der Waals surface area contributed by atoms with Crippen LogP contribution in [0.4, 0.5) is 5.69 Å². The van der Waals surface area contributed by atoms with Gasteiger partial charge in [0, 0.05) is 28.1 Å². The number of para-hydroxylation sites is 1. The molecule has 2 aromatic heterocycles. The number of ketones is 1. The van der Waals surface area contributed by atoms with Gasteiger partial charge in [-0.1, -0.05) is 12.1 Å². The number of rotatable bonds is 6. The van der Waals surface area contributed by atoms with Crippen molar-refractivity contribution in [2.75, 3.05) is 0 Å². The van der Waals surface area contributed by atoms with E-state index < -0.39 is 0 Å². The van der Waals surface area contributed by atoms with Crippen molar-refractivity contribution in [1.82, 2.24) is 9.78 Å². The van der Waals surface area contributed by atoms with Crippen LogP contribution in [0.3, 0.4) is 0 Å². The van der Waals surface area contributed by atoms with E-state index in [0.717, 1.165) is 9.75 Å². The maximum atomic E-state index is 12.2. The summed E-state index contributed by atoms with van der Waals surface area (Å²) >= 11 is 1.40. The van der Waals surface area contributed by atoms with Crippen molar-refractivity contribution in [1.29, 1.82) is 0 Å². The van der Waals surface area contributed by atoms with Gasteiger partial charge in [-0.2, -0.15) is 5.10 Å². The lowest BCUT2D eigenvalue weighted by Gasteiger charge is -2.02. The number of carbonyl (C=O) groups is 1. The summed E-state index contributed by atoms with van der Waals surface area (Å²) < 4.78 is 1.73. The summed E-state index contributed by atoms with van der Waals surface area (Å²) in [7, 11) is 0. The maximum absolute atomic E-state index is 12.2. The molecule has 3 rings (SSSR count). The molecule has 0 unspecified atom stereocenters. The molecule has 0 bridgehead atoms. The Hall–Kier alpha value is -3.06. The van der Waals surface area contributed by atoms with Crippen LogP contribution in [0.25, 0.3) is 16.5 Å². The van der Waals surface area contributed by atoms with Gasteiger partial charge in [-0.25, -0.2) is 0 Å². The van der Waals surface area contributed by atoms with Crippen LogP contribution in [0.15, 0.2) is 54.9 Å². The minimum absolute atomic E-state index is 0.0713. The average Bonchev–Trinajstić information content (AvgIpc) is 3.29. The summed E-state index contributed by atoms with van der Waals surface area (Å²) in [5.41, 5.74) is 1.18. The van der Waals surface area contributed by atoms with Crippen LogP contribution in [0.2, 0.25) is 0 Å². The number of benzene rings is 1. The van der Waals surface area contributed by atoms with Gasteiger partial charge in [-0.15, -0.1) is 11.3 Å². The third-order valence-electron chi connectivity index (χ3n) is 3.81. The van der Waals surface area contributed by atoms with Gasteiger partial charge < -0.3 is 0 Å². The lowest BCUT2D eigenvalue weighted by atomic mass is 10.1. The second-order valence-electron chi connectivity index (χ2n) is 5.98. The van der Waals surface area contributed by atoms with Crippen LogP contribution >= 0.6 is 11.3 Å². The third-order valence-corrected chi connectivity index (χ3v) is 4.89. The van der Waals surface area contributed by atoms with Gasteiger partial charge in [-0.05, 0) is 44.2 Å². The number of carbonyl (C=O) groups excluding carboxylic acids is 1. The fourth-order valence-electron chi connectivity index (χ4n) is 2.43. The van der Waals surface area contributed by atoms with E-state index in [2.05, 4.69) is 5.10 Å². The van der Waals surface area contributed by atoms with Crippen LogP contribution in [0.5, 0.6) is 0 Å². The van der Waals surface area contributed by atoms with Crippen molar-refractivity contribution in [3.63, 3.8) is 0 Å². The summed E-state index contributed by atoms with van der Waals surface area (Å²) in [6.07, 6.45) is 6.50. The Bertz CT molecular complexity index is 985. The lowest BCUT2D eigenvalue weighted by molar-refractivity contribution is -0.384. The monoisotopic (exact) mass is 367 g/mol. The first-order valence-corrected chi connectivity index (χ1v) is 8.87. The molecule has 0 amide bonds. The molecule has 26 heavy (non-hydrogen) atoms. The third kappa shape index (κ3) is 3.78. The number of allylic oxidation sites excluding steroid dienone is 1. The number of nitro groups is 1. The zero-order valence-corrected chi connectivity index (χ0v) is 15.1.